The molecule has 2 rings (SSSR count). The molecular formula is C14H15Cl2N3. The van der Waals surface area contributed by atoms with Crippen LogP contribution >= 0.6 is 23.2 Å². The number of rotatable bonds is 4. The first-order chi connectivity index (χ1) is 9.04. The number of hydrogen-bond acceptors (Lipinski definition) is 3. The Morgan fingerprint density at radius 1 is 1.26 bits per heavy atom. The van der Waals surface area contributed by atoms with E-state index in [-0.39, 0.29) is 6.04 Å². The lowest BCUT2D eigenvalue weighted by atomic mass is 10.1. The molecule has 0 bridgehead atoms. The van der Waals surface area contributed by atoms with Gasteiger partial charge in [0.1, 0.15) is 5.82 Å². The van der Waals surface area contributed by atoms with Crippen molar-refractivity contribution in [2.75, 3.05) is 0 Å². The highest BCUT2D eigenvalue weighted by molar-refractivity contribution is 6.35. The number of aromatic nitrogens is 2. The van der Waals surface area contributed by atoms with Gasteiger partial charge >= 0.3 is 0 Å². The van der Waals surface area contributed by atoms with Crippen LogP contribution in [0.25, 0.3) is 0 Å². The molecule has 1 atom stereocenters. The van der Waals surface area contributed by atoms with Crippen LogP contribution in [0.3, 0.4) is 0 Å². The lowest BCUT2D eigenvalue weighted by Gasteiger charge is -2.07. The van der Waals surface area contributed by atoms with Crippen molar-refractivity contribution >= 4 is 23.2 Å². The molecule has 2 N–H and O–H groups in total. The summed E-state index contributed by atoms with van der Waals surface area (Å²) < 4.78 is 0. The van der Waals surface area contributed by atoms with E-state index < -0.39 is 0 Å². The largest absolute Gasteiger partial charge is 0.328 e. The Hall–Kier alpha value is -1.16. The first-order valence-electron chi connectivity index (χ1n) is 6.05. The maximum absolute atomic E-state index is 6.14. The molecular weight excluding hydrogens is 281 g/mol. The van der Waals surface area contributed by atoms with Crippen LogP contribution in [0.15, 0.2) is 30.5 Å². The van der Waals surface area contributed by atoms with Gasteiger partial charge < -0.3 is 5.73 Å². The van der Waals surface area contributed by atoms with E-state index in [1.807, 2.05) is 25.1 Å². The molecule has 0 spiro atoms. The molecule has 0 fully saturated rings. The minimum absolute atomic E-state index is 0.0851. The Kier molecular flexibility index (Phi) is 4.75. The number of benzene rings is 1. The number of halogens is 2. The zero-order valence-electron chi connectivity index (χ0n) is 10.6. The smallest absolute Gasteiger partial charge is 0.132 e. The van der Waals surface area contributed by atoms with Gasteiger partial charge in [-0.05, 0) is 30.7 Å². The third-order valence-corrected chi connectivity index (χ3v) is 3.24. The summed E-state index contributed by atoms with van der Waals surface area (Å²) in [6, 6.07) is 7.41. The summed E-state index contributed by atoms with van der Waals surface area (Å²) in [5.74, 6) is 0.738. The maximum Gasteiger partial charge on any atom is 0.132 e. The van der Waals surface area contributed by atoms with Gasteiger partial charge in [-0.2, -0.15) is 0 Å². The molecule has 0 radical (unpaired) electrons. The molecule has 100 valence electrons. The van der Waals surface area contributed by atoms with E-state index >= 15 is 0 Å². The van der Waals surface area contributed by atoms with Crippen molar-refractivity contribution in [2.45, 2.75) is 25.8 Å². The molecule has 1 aromatic carbocycles. The molecule has 3 nitrogen and oxygen atoms in total. The fourth-order valence-corrected chi connectivity index (χ4v) is 2.28. The first kappa shape index (κ1) is 14.3. The van der Waals surface area contributed by atoms with Gasteiger partial charge in [-0.15, -0.1) is 0 Å². The van der Waals surface area contributed by atoms with Crippen molar-refractivity contribution in [3.05, 3.63) is 57.6 Å². The quantitative estimate of drug-likeness (QED) is 0.942. The van der Waals surface area contributed by atoms with Gasteiger partial charge in [0, 0.05) is 40.8 Å². The molecule has 1 unspecified atom stereocenters. The van der Waals surface area contributed by atoms with Crippen LogP contribution < -0.4 is 5.73 Å². The van der Waals surface area contributed by atoms with Crippen LogP contribution in [0.5, 0.6) is 0 Å². The predicted molar refractivity (Wildman–Crippen MR) is 78.7 cm³/mol. The average molecular weight is 296 g/mol. The Morgan fingerprint density at radius 3 is 2.74 bits per heavy atom. The molecule has 2 aromatic rings. The fourth-order valence-electron chi connectivity index (χ4n) is 1.81. The molecule has 0 aliphatic carbocycles. The van der Waals surface area contributed by atoms with Crippen molar-refractivity contribution in [3.63, 3.8) is 0 Å². The van der Waals surface area contributed by atoms with E-state index in [0.29, 0.717) is 16.5 Å². The third-order valence-electron chi connectivity index (χ3n) is 2.66. The van der Waals surface area contributed by atoms with Gasteiger partial charge in [-0.1, -0.05) is 29.3 Å². The Balaban J connectivity index is 2.18. The van der Waals surface area contributed by atoms with E-state index in [0.717, 1.165) is 23.5 Å². The Morgan fingerprint density at radius 2 is 2.05 bits per heavy atom. The second-order valence-electron chi connectivity index (χ2n) is 4.56. The summed E-state index contributed by atoms with van der Waals surface area (Å²) in [6.07, 6.45) is 3.08. The van der Waals surface area contributed by atoms with Gasteiger partial charge in [0.15, 0.2) is 0 Å². The lowest BCUT2D eigenvalue weighted by Crippen LogP contribution is -2.19. The maximum atomic E-state index is 6.14. The van der Waals surface area contributed by atoms with E-state index in [1.54, 1.807) is 12.3 Å². The van der Waals surface area contributed by atoms with Gasteiger partial charge in [0.05, 0.1) is 0 Å². The van der Waals surface area contributed by atoms with Crippen molar-refractivity contribution < 1.29 is 0 Å². The summed E-state index contributed by atoms with van der Waals surface area (Å²) >= 11 is 12.0. The van der Waals surface area contributed by atoms with Crippen LogP contribution in [0.2, 0.25) is 10.0 Å². The molecule has 1 aromatic heterocycles. The van der Waals surface area contributed by atoms with Crippen LogP contribution in [0, 0.1) is 0 Å². The topological polar surface area (TPSA) is 51.8 Å². The molecule has 1 heterocycles. The van der Waals surface area contributed by atoms with Crippen LogP contribution in [0.1, 0.15) is 24.0 Å². The third kappa shape index (κ3) is 4.16. The molecule has 0 amide bonds. The highest BCUT2D eigenvalue weighted by atomic mass is 35.5. The molecule has 5 heteroatoms. The van der Waals surface area contributed by atoms with E-state index in [2.05, 4.69) is 9.97 Å². The standard InChI is InChI=1S/C14H15Cl2N3/c1-9(17)6-12-4-5-18-14(19-12)7-10-2-3-11(15)8-13(10)16/h2-5,8-9H,6-7,17H2,1H3. The van der Waals surface area contributed by atoms with Crippen molar-refractivity contribution in [1.82, 2.24) is 9.97 Å². The highest BCUT2D eigenvalue weighted by Crippen LogP contribution is 2.22. The number of hydrogen-bond donors (Lipinski definition) is 1. The summed E-state index contributed by atoms with van der Waals surface area (Å²) in [7, 11) is 0. The monoisotopic (exact) mass is 295 g/mol. The zero-order valence-corrected chi connectivity index (χ0v) is 12.1. The van der Waals surface area contributed by atoms with E-state index in [4.69, 9.17) is 28.9 Å². The first-order valence-corrected chi connectivity index (χ1v) is 6.80. The Labute approximate surface area is 122 Å². The molecule has 0 saturated carbocycles. The van der Waals surface area contributed by atoms with E-state index in [9.17, 15) is 0 Å². The Bertz CT molecular complexity index is 570. The second-order valence-corrected chi connectivity index (χ2v) is 5.40. The summed E-state index contributed by atoms with van der Waals surface area (Å²) in [6.45, 7) is 1.96. The molecule has 0 aliphatic heterocycles. The average Bonchev–Trinajstić information content (AvgIpc) is 2.32. The number of nitrogens with zero attached hydrogens (tertiary/aromatic N) is 2. The summed E-state index contributed by atoms with van der Waals surface area (Å²) in [5.41, 5.74) is 7.68. The molecule has 0 saturated heterocycles. The van der Waals surface area contributed by atoms with Crippen LogP contribution in [-0.2, 0) is 12.8 Å². The van der Waals surface area contributed by atoms with Crippen molar-refractivity contribution in [2.24, 2.45) is 5.73 Å². The van der Waals surface area contributed by atoms with E-state index in [1.165, 1.54) is 0 Å². The summed E-state index contributed by atoms with van der Waals surface area (Å²) in [5, 5.41) is 1.26. The van der Waals surface area contributed by atoms with Gasteiger partial charge in [0.25, 0.3) is 0 Å². The van der Waals surface area contributed by atoms with Crippen LogP contribution in [0.4, 0.5) is 0 Å². The normalized spacial score (nSPS) is 12.4. The van der Waals surface area contributed by atoms with Gasteiger partial charge in [-0.25, -0.2) is 9.97 Å². The van der Waals surface area contributed by atoms with Gasteiger partial charge in [0.2, 0.25) is 0 Å². The van der Waals surface area contributed by atoms with Crippen molar-refractivity contribution in [1.29, 1.82) is 0 Å². The molecule has 19 heavy (non-hydrogen) atoms. The SMILES string of the molecule is CC(N)Cc1ccnc(Cc2ccc(Cl)cc2Cl)n1. The summed E-state index contributed by atoms with van der Waals surface area (Å²) in [4.78, 5) is 8.75. The highest BCUT2D eigenvalue weighted by Gasteiger charge is 2.06. The molecule has 0 aliphatic rings. The second kappa shape index (κ2) is 6.33. The predicted octanol–water partition coefficient (Wildman–Crippen LogP) is 3.26. The fraction of sp³-hybridized carbons (Fsp3) is 0.286. The lowest BCUT2D eigenvalue weighted by molar-refractivity contribution is 0.713. The number of nitrogens with two attached hydrogens (primary N) is 1. The minimum atomic E-state index is 0.0851. The van der Waals surface area contributed by atoms with Crippen molar-refractivity contribution in [3.8, 4) is 0 Å². The zero-order chi connectivity index (χ0) is 13.8. The van der Waals surface area contributed by atoms with Gasteiger partial charge in [-0.3, -0.25) is 0 Å². The van der Waals surface area contributed by atoms with Crippen LogP contribution in [-0.4, -0.2) is 16.0 Å². The minimum Gasteiger partial charge on any atom is -0.328 e.